The zero-order valence-corrected chi connectivity index (χ0v) is 15.2. The van der Waals surface area contributed by atoms with Gasteiger partial charge in [0, 0.05) is 0 Å². The van der Waals surface area contributed by atoms with E-state index < -0.39 is 0 Å². The van der Waals surface area contributed by atoms with Gasteiger partial charge in [-0.25, -0.2) is 0 Å². The third-order valence-corrected chi connectivity index (χ3v) is 5.81. The van der Waals surface area contributed by atoms with Crippen LogP contribution >= 0.6 is 0 Å². The van der Waals surface area contributed by atoms with Crippen molar-refractivity contribution < 1.29 is 9.53 Å². The molecule has 2 atom stereocenters. The molecule has 1 saturated heterocycles. The van der Waals surface area contributed by atoms with E-state index in [4.69, 9.17) is 4.74 Å². The van der Waals surface area contributed by atoms with Gasteiger partial charge in [-0.1, -0.05) is 61.0 Å². The van der Waals surface area contributed by atoms with E-state index in [2.05, 4.69) is 29.6 Å². The summed E-state index contributed by atoms with van der Waals surface area (Å²) in [6, 6.07) is 18.8. The van der Waals surface area contributed by atoms with Gasteiger partial charge in [-0.05, 0) is 60.8 Å². The smallest absolute Gasteiger partial charge is 0.323 e. The van der Waals surface area contributed by atoms with Crippen molar-refractivity contribution in [2.45, 2.75) is 50.7 Å². The Bertz CT molecular complexity index is 722. The fourth-order valence-corrected chi connectivity index (χ4v) is 3.97. The number of rotatable bonds is 6. The average molecular weight is 349 g/mol. The number of ether oxygens (including phenoxy) is 1. The molecule has 136 valence electrons. The van der Waals surface area contributed by atoms with Gasteiger partial charge in [0.1, 0.15) is 12.6 Å². The fraction of sp³-hybridized carbons (Fsp3) is 0.435. The Labute approximate surface area is 155 Å². The normalized spacial score (nSPS) is 22.8. The van der Waals surface area contributed by atoms with E-state index in [0.717, 1.165) is 30.9 Å². The molecule has 1 aliphatic heterocycles. The minimum atomic E-state index is -0.169. The zero-order chi connectivity index (χ0) is 17.8. The van der Waals surface area contributed by atoms with Gasteiger partial charge in [0.25, 0.3) is 0 Å². The van der Waals surface area contributed by atoms with Crippen LogP contribution < -0.4 is 5.32 Å². The van der Waals surface area contributed by atoms with Crippen molar-refractivity contribution >= 4 is 5.97 Å². The first-order valence-electron chi connectivity index (χ1n) is 9.81. The van der Waals surface area contributed by atoms with Gasteiger partial charge < -0.3 is 10.1 Å². The molecule has 1 N–H and O–H groups in total. The lowest BCUT2D eigenvalue weighted by Crippen LogP contribution is -2.32. The molecule has 0 unspecified atom stereocenters. The SMILES string of the molecule is O=C(OCc1ccccc1)[C@H]1C[C@H](Cc2ccc(C3CCC3)cc2)CN1. The molecule has 2 fully saturated rings. The van der Waals surface area contributed by atoms with Crippen LogP contribution in [-0.2, 0) is 22.6 Å². The van der Waals surface area contributed by atoms with Gasteiger partial charge in [0.15, 0.2) is 0 Å². The van der Waals surface area contributed by atoms with Crippen LogP contribution in [0.4, 0.5) is 0 Å². The van der Waals surface area contributed by atoms with Crippen molar-refractivity contribution in [3.63, 3.8) is 0 Å². The van der Waals surface area contributed by atoms with E-state index in [9.17, 15) is 4.79 Å². The van der Waals surface area contributed by atoms with Crippen LogP contribution in [0.15, 0.2) is 54.6 Å². The van der Waals surface area contributed by atoms with E-state index in [1.165, 1.54) is 30.4 Å². The topological polar surface area (TPSA) is 38.3 Å². The van der Waals surface area contributed by atoms with Crippen LogP contribution in [-0.4, -0.2) is 18.6 Å². The van der Waals surface area contributed by atoms with Gasteiger partial charge in [-0.15, -0.1) is 0 Å². The molecular weight excluding hydrogens is 322 g/mol. The molecule has 1 aliphatic carbocycles. The third kappa shape index (κ3) is 4.16. The van der Waals surface area contributed by atoms with E-state index >= 15 is 0 Å². The number of hydrogen-bond acceptors (Lipinski definition) is 3. The molecule has 0 spiro atoms. The maximum atomic E-state index is 12.3. The minimum Gasteiger partial charge on any atom is -0.460 e. The summed E-state index contributed by atoms with van der Waals surface area (Å²) in [5.74, 6) is 1.16. The van der Waals surface area contributed by atoms with Crippen molar-refractivity contribution in [3.8, 4) is 0 Å². The van der Waals surface area contributed by atoms with Crippen LogP contribution in [0.1, 0.15) is 48.3 Å². The molecule has 0 radical (unpaired) electrons. The Balaban J connectivity index is 1.24. The Morgan fingerprint density at radius 3 is 2.46 bits per heavy atom. The summed E-state index contributed by atoms with van der Waals surface area (Å²) in [5.41, 5.74) is 3.90. The second-order valence-corrected chi connectivity index (χ2v) is 7.73. The van der Waals surface area contributed by atoms with Crippen molar-refractivity contribution in [2.75, 3.05) is 6.54 Å². The summed E-state index contributed by atoms with van der Waals surface area (Å²) >= 11 is 0. The van der Waals surface area contributed by atoms with Gasteiger partial charge in [-0.2, -0.15) is 0 Å². The Hall–Kier alpha value is -2.13. The van der Waals surface area contributed by atoms with Gasteiger partial charge in [0.05, 0.1) is 0 Å². The highest BCUT2D eigenvalue weighted by molar-refractivity contribution is 5.76. The van der Waals surface area contributed by atoms with Crippen molar-refractivity contribution in [1.82, 2.24) is 5.32 Å². The Morgan fingerprint density at radius 2 is 1.77 bits per heavy atom. The summed E-state index contributed by atoms with van der Waals surface area (Å²) in [6.45, 7) is 1.24. The molecule has 2 aliphatic rings. The summed E-state index contributed by atoms with van der Waals surface area (Å²) in [7, 11) is 0. The highest BCUT2D eigenvalue weighted by Crippen LogP contribution is 2.36. The summed E-state index contributed by atoms with van der Waals surface area (Å²) in [4.78, 5) is 12.3. The number of carbonyl (C=O) groups is 1. The molecule has 2 aromatic carbocycles. The first-order valence-corrected chi connectivity index (χ1v) is 9.81. The monoisotopic (exact) mass is 349 g/mol. The Kier molecular flexibility index (Phi) is 5.35. The van der Waals surface area contributed by atoms with Gasteiger partial charge in [0.2, 0.25) is 0 Å². The molecule has 1 saturated carbocycles. The number of hydrogen-bond donors (Lipinski definition) is 1. The molecule has 26 heavy (non-hydrogen) atoms. The van der Waals surface area contributed by atoms with E-state index in [-0.39, 0.29) is 12.0 Å². The molecule has 1 heterocycles. The molecule has 0 bridgehead atoms. The first kappa shape index (κ1) is 17.3. The predicted molar refractivity (Wildman–Crippen MR) is 103 cm³/mol. The van der Waals surface area contributed by atoms with Crippen molar-refractivity contribution in [1.29, 1.82) is 0 Å². The number of benzene rings is 2. The number of carbonyl (C=O) groups excluding carboxylic acids is 1. The van der Waals surface area contributed by atoms with E-state index in [1.807, 2.05) is 30.3 Å². The quantitative estimate of drug-likeness (QED) is 0.794. The zero-order valence-electron chi connectivity index (χ0n) is 15.2. The fourth-order valence-electron chi connectivity index (χ4n) is 3.97. The number of nitrogens with one attached hydrogen (secondary N) is 1. The molecule has 0 amide bonds. The molecule has 2 aromatic rings. The van der Waals surface area contributed by atoms with Crippen molar-refractivity contribution in [2.24, 2.45) is 5.92 Å². The van der Waals surface area contributed by atoms with Gasteiger partial charge in [-0.3, -0.25) is 4.79 Å². The standard InChI is InChI=1S/C23H27NO2/c25-23(26-16-18-5-2-1-3-6-18)22-14-19(15-24-22)13-17-9-11-21(12-10-17)20-7-4-8-20/h1-3,5-6,9-12,19-20,22,24H,4,7-8,13-16H2/t19-,22+/m0/s1. The highest BCUT2D eigenvalue weighted by atomic mass is 16.5. The summed E-state index contributed by atoms with van der Waals surface area (Å²) < 4.78 is 5.47. The Morgan fingerprint density at radius 1 is 1.00 bits per heavy atom. The minimum absolute atomic E-state index is 0.128. The largest absolute Gasteiger partial charge is 0.460 e. The summed E-state index contributed by atoms with van der Waals surface area (Å²) in [5, 5.41) is 3.34. The van der Waals surface area contributed by atoms with E-state index in [0.29, 0.717) is 12.5 Å². The predicted octanol–water partition coefficient (Wildman–Crippen LogP) is 4.22. The second kappa shape index (κ2) is 8.05. The third-order valence-electron chi connectivity index (χ3n) is 5.81. The lowest BCUT2D eigenvalue weighted by Gasteiger charge is -2.25. The maximum absolute atomic E-state index is 12.3. The molecule has 3 nitrogen and oxygen atoms in total. The lowest BCUT2D eigenvalue weighted by atomic mass is 9.80. The molecule has 4 rings (SSSR count). The highest BCUT2D eigenvalue weighted by Gasteiger charge is 2.30. The van der Waals surface area contributed by atoms with E-state index in [1.54, 1.807) is 0 Å². The second-order valence-electron chi connectivity index (χ2n) is 7.73. The van der Waals surface area contributed by atoms with Crippen LogP contribution in [0.2, 0.25) is 0 Å². The molecule has 0 aromatic heterocycles. The molecular formula is C23H27NO2. The average Bonchev–Trinajstić information content (AvgIpc) is 3.09. The van der Waals surface area contributed by atoms with Crippen LogP contribution in [0, 0.1) is 5.92 Å². The van der Waals surface area contributed by atoms with Crippen LogP contribution in [0.3, 0.4) is 0 Å². The first-order chi connectivity index (χ1) is 12.8. The lowest BCUT2D eigenvalue weighted by molar-refractivity contribution is -0.147. The van der Waals surface area contributed by atoms with Crippen molar-refractivity contribution in [3.05, 3.63) is 71.3 Å². The van der Waals surface area contributed by atoms with Gasteiger partial charge >= 0.3 is 5.97 Å². The van der Waals surface area contributed by atoms with Crippen LogP contribution in [0.5, 0.6) is 0 Å². The maximum Gasteiger partial charge on any atom is 0.323 e. The molecule has 3 heteroatoms. The number of esters is 1. The summed E-state index contributed by atoms with van der Waals surface area (Å²) in [6.07, 6.45) is 5.96. The van der Waals surface area contributed by atoms with Crippen LogP contribution in [0.25, 0.3) is 0 Å².